The van der Waals surface area contributed by atoms with Gasteiger partial charge in [0.15, 0.2) is 0 Å². The van der Waals surface area contributed by atoms with E-state index in [9.17, 15) is 0 Å². The summed E-state index contributed by atoms with van der Waals surface area (Å²) < 4.78 is 0. The van der Waals surface area contributed by atoms with Crippen molar-refractivity contribution in [3.8, 4) is 0 Å². The second-order valence-electron chi connectivity index (χ2n) is 4.94. The van der Waals surface area contributed by atoms with E-state index < -0.39 is 5.21 Å². The third-order valence-corrected chi connectivity index (χ3v) is 4.32. The Morgan fingerprint density at radius 2 is 1.78 bits per heavy atom. The van der Waals surface area contributed by atoms with Gasteiger partial charge in [-0.1, -0.05) is 68.2 Å². The molecular formula is C15H22B2S. The highest BCUT2D eigenvalue weighted by atomic mass is 32.2. The Morgan fingerprint density at radius 1 is 1.06 bits per heavy atom. The Morgan fingerprint density at radius 3 is 2.44 bits per heavy atom. The summed E-state index contributed by atoms with van der Waals surface area (Å²) in [4.78, 5) is 0. The SMILES string of the molecule is [B]C([B])(CC)CCCCCSCc1ccccc1. The minimum absolute atomic E-state index is 0.447. The van der Waals surface area contributed by atoms with Gasteiger partial charge in [0.1, 0.15) is 0 Å². The number of hydrogen-bond acceptors (Lipinski definition) is 1. The molecule has 0 aliphatic carbocycles. The lowest BCUT2D eigenvalue weighted by Gasteiger charge is -2.23. The molecule has 0 amide bonds. The van der Waals surface area contributed by atoms with Crippen molar-refractivity contribution in [3.05, 3.63) is 35.9 Å². The van der Waals surface area contributed by atoms with Gasteiger partial charge >= 0.3 is 0 Å². The van der Waals surface area contributed by atoms with Crippen LogP contribution in [-0.4, -0.2) is 21.4 Å². The third-order valence-electron chi connectivity index (χ3n) is 3.20. The summed E-state index contributed by atoms with van der Waals surface area (Å²) in [6, 6.07) is 10.6. The molecule has 18 heavy (non-hydrogen) atoms. The van der Waals surface area contributed by atoms with Crippen molar-refractivity contribution in [1.29, 1.82) is 0 Å². The van der Waals surface area contributed by atoms with Crippen LogP contribution in [0.5, 0.6) is 0 Å². The van der Waals surface area contributed by atoms with Crippen LogP contribution in [0.2, 0.25) is 5.21 Å². The number of thioether (sulfide) groups is 1. The quantitative estimate of drug-likeness (QED) is 0.467. The van der Waals surface area contributed by atoms with Crippen LogP contribution in [0.15, 0.2) is 30.3 Å². The van der Waals surface area contributed by atoms with Gasteiger partial charge in [0, 0.05) is 5.75 Å². The first-order chi connectivity index (χ1) is 8.64. The van der Waals surface area contributed by atoms with E-state index in [0.717, 1.165) is 25.0 Å². The van der Waals surface area contributed by atoms with Crippen molar-refractivity contribution in [3.63, 3.8) is 0 Å². The summed E-state index contributed by atoms with van der Waals surface area (Å²) >= 11 is 2.01. The molecule has 0 N–H and O–H groups in total. The highest BCUT2D eigenvalue weighted by molar-refractivity contribution is 7.98. The van der Waals surface area contributed by atoms with E-state index in [4.69, 9.17) is 15.7 Å². The van der Waals surface area contributed by atoms with Gasteiger partial charge in [0.2, 0.25) is 0 Å². The largest absolute Gasteiger partial charge is 0.157 e. The fourth-order valence-electron chi connectivity index (χ4n) is 1.78. The fraction of sp³-hybridized carbons (Fsp3) is 0.600. The summed E-state index contributed by atoms with van der Waals surface area (Å²) in [7, 11) is 11.8. The zero-order chi connectivity index (χ0) is 13.3. The molecule has 1 aromatic rings. The van der Waals surface area contributed by atoms with Crippen molar-refractivity contribution in [2.45, 2.75) is 50.0 Å². The van der Waals surface area contributed by atoms with Gasteiger partial charge in [0.05, 0.1) is 15.7 Å². The molecule has 4 radical (unpaired) electrons. The summed E-state index contributed by atoms with van der Waals surface area (Å²) in [6.45, 7) is 2.05. The molecule has 0 bridgehead atoms. The number of rotatable bonds is 9. The van der Waals surface area contributed by atoms with Gasteiger partial charge in [-0.05, 0) is 17.7 Å². The van der Waals surface area contributed by atoms with Gasteiger partial charge in [-0.3, -0.25) is 0 Å². The highest BCUT2D eigenvalue weighted by Crippen LogP contribution is 2.28. The molecular weight excluding hydrogens is 234 g/mol. The van der Waals surface area contributed by atoms with E-state index in [2.05, 4.69) is 37.3 Å². The molecule has 0 atom stereocenters. The molecule has 1 rings (SSSR count). The predicted molar refractivity (Wildman–Crippen MR) is 85.6 cm³/mol. The van der Waals surface area contributed by atoms with Crippen LogP contribution in [0.3, 0.4) is 0 Å². The van der Waals surface area contributed by atoms with Crippen molar-refractivity contribution < 1.29 is 0 Å². The minimum atomic E-state index is -0.447. The van der Waals surface area contributed by atoms with E-state index in [1.165, 1.54) is 24.2 Å². The smallest absolute Gasteiger partial charge is 0.0620 e. The predicted octanol–water partition coefficient (Wildman–Crippen LogP) is 4.34. The average molecular weight is 256 g/mol. The Hall–Kier alpha value is -0.300. The molecule has 0 fully saturated rings. The molecule has 0 saturated heterocycles. The van der Waals surface area contributed by atoms with Crippen LogP contribution in [0, 0.1) is 0 Å². The molecule has 0 nitrogen and oxygen atoms in total. The Labute approximate surface area is 119 Å². The summed E-state index contributed by atoms with van der Waals surface area (Å²) in [5.74, 6) is 2.34. The Balaban J connectivity index is 1.96. The zero-order valence-corrected chi connectivity index (χ0v) is 12.2. The average Bonchev–Trinajstić information content (AvgIpc) is 2.39. The molecule has 0 heterocycles. The highest BCUT2D eigenvalue weighted by Gasteiger charge is 2.12. The minimum Gasteiger partial charge on any atom is -0.157 e. The van der Waals surface area contributed by atoms with Crippen LogP contribution in [0.25, 0.3) is 0 Å². The molecule has 94 valence electrons. The zero-order valence-electron chi connectivity index (χ0n) is 11.4. The van der Waals surface area contributed by atoms with E-state index in [1.807, 2.05) is 11.8 Å². The monoisotopic (exact) mass is 256 g/mol. The summed E-state index contributed by atoms with van der Waals surface area (Å²) in [5, 5.41) is -0.447. The molecule has 0 aliphatic heterocycles. The van der Waals surface area contributed by atoms with E-state index in [-0.39, 0.29) is 0 Å². The lowest BCUT2D eigenvalue weighted by atomic mass is 9.51. The van der Waals surface area contributed by atoms with Crippen molar-refractivity contribution >= 4 is 27.5 Å². The lowest BCUT2D eigenvalue weighted by Crippen LogP contribution is -2.11. The van der Waals surface area contributed by atoms with Crippen LogP contribution in [0.1, 0.15) is 44.6 Å². The van der Waals surface area contributed by atoms with Gasteiger partial charge in [-0.15, -0.1) is 0 Å². The number of benzene rings is 1. The number of hydrogen-bond donors (Lipinski definition) is 0. The van der Waals surface area contributed by atoms with Crippen LogP contribution < -0.4 is 0 Å². The van der Waals surface area contributed by atoms with Gasteiger partial charge in [-0.2, -0.15) is 11.8 Å². The standard InChI is InChI=1S/C15H22B2S/c1-2-15(16,17)11-7-4-8-12-18-13-14-9-5-3-6-10-14/h3,5-6,9-10H,2,4,7-8,11-13H2,1H3. The molecule has 0 aliphatic rings. The maximum absolute atomic E-state index is 5.91. The molecule has 1 aromatic carbocycles. The first kappa shape index (κ1) is 15.8. The maximum atomic E-state index is 5.91. The van der Waals surface area contributed by atoms with Crippen LogP contribution >= 0.6 is 11.8 Å². The maximum Gasteiger partial charge on any atom is 0.0620 e. The second-order valence-corrected chi connectivity index (χ2v) is 6.04. The lowest BCUT2D eigenvalue weighted by molar-refractivity contribution is 0.588. The second kappa shape index (κ2) is 8.74. The molecule has 0 saturated carbocycles. The van der Waals surface area contributed by atoms with E-state index in [1.54, 1.807) is 0 Å². The third kappa shape index (κ3) is 7.20. The Bertz CT molecular complexity index is 312. The topological polar surface area (TPSA) is 0 Å². The summed E-state index contributed by atoms with van der Waals surface area (Å²) in [6.07, 6.45) is 5.44. The van der Waals surface area contributed by atoms with Crippen molar-refractivity contribution in [2.75, 3.05) is 5.75 Å². The van der Waals surface area contributed by atoms with Gasteiger partial charge in [0.25, 0.3) is 0 Å². The van der Waals surface area contributed by atoms with E-state index >= 15 is 0 Å². The van der Waals surface area contributed by atoms with Crippen LogP contribution in [-0.2, 0) is 5.75 Å². The molecule has 0 aromatic heterocycles. The van der Waals surface area contributed by atoms with Crippen LogP contribution in [0.4, 0.5) is 0 Å². The normalized spacial score (nSPS) is 11.6. The molecule has 0 unspecified atom stereocenters. The van der Waals surface area contributed by atoms with E-state index in [0.29, 0.717) is 0 Å². The van der Waals surface area contributed by atoms with Gasteiger partial charge in [-0.25, -0.2) is 0 Å². The summed E-state index contributed by atoms with van der Waals surface area (Å²) in [5.41, 5.74) is 1.41. The fourth-order valence-corrected chi connectivity index (χ4v) is 2.76. The van der Waals surface area contributed by atoms with Gasteiger partial charge < -0.3 is 0 Å². The first-order valence-electron chi connectivity index (χ1n) is 6.83. The molecule has 3 heteroatoms. The first-order valence-corrected chi connectivity index (χ1v) is 7.99. The molecule has 0 spiro atoms. The van der Waals surface area contributed by atoms with Crippen molar-refractivity contribution in [1.82, 2.24) is 0 Å². The Kier molecular flexibility index (Phi) is 7.65. The van der Waals surface area contributed by atoms with Crippen molar-refractivity contribution in [2.24, 2.45) is 0 Å². The number of unbranched alkanes of at least 4 members (excludes halogenated alkanes) is 2.